The van der Waals surface area contributed by atoms with Crippen molar-refractivity contribution in [3.8, 4) is 0 Å². The lowest BCUT2D eigenvalue weighted by Gasteiger charge is -2.32. The highest BCUT2D eigenvalue weighted by Gasteiger charge is 2.23. The van der Waals surface area contributed by atoms with Crippen molar-refractivity contribution in [1.29, 1.82) is 0 Å². The third-order valence-corrected chi connectivity index (χ3v) is 3.58. The molecule has 1 aliphatic rings. The van der Waals surface area contributed by atoms with Gasteiger partial charge in [0.2, 0.25) is 0 Å². The van der Waals surface area contributed by atoms with Crippen molar-refractivity contribution in [2.45, 2.75) is 38.3 Å². The van der Waals surface area contributed by atoms with Gasteiger partial charge in [0, 0.05) is 23.8 Å². The third kappa shape index (κ3) is 2.79. The standard InChI is InChI=1S/C14H21NO2/c16-10-9-15(13-6-2-3-7-13)14-8-4-1-5-12(14)11-17/h1,4-5,8,13,16-17H,2-3,6-7,9-11H2. The van der Waals surface area contributed by atoms with Crippen LogP contribution in [0.5, 0.6) is 0 Å². The molecule has 1 aromatic carbocycles. The van der Waals surface area contributed by atoms with Crippen LogP contribution in [0.15, 0.2) is 24.3 Å². The van der Waals surface area contributed by atoms with E-state index < -0.39 is 0 Å². The summed E-state index contributed by atoms with van der Waals surface area (Å²) < 4.78 is 0. The number of para-hydroxylation sites is 1. The Hall–Kier alpha value is -1.06. The van der Waals surface area contributed by atoms with E-state index in [1.807, 2.05) is 24.3 Å². The monoisotopic (exact) mass is 235 g/mol. The Bertz CT molecular complexity index is 348. The lowest BCUT2D eigenvalue weighted by Crippen LogP contribution is -2.36. The Labute approximate surface area is 103 Å². The Morgan fingerprint density at radius 2 is 1.82 bits per heavy atom. The van der Waals surface area contributed by atoms with Gasteiger partial charge in [-0.05, 0) is 18.9 Å². The smallest absolute Gasteiger partial charge is 0.0702 e. The molecular formula is C14H21NO2. The molecule has 94 valence electrons. The minimum absolute atomic E-state index is 0.0603. The van der Waals surface area contributed by atoms with Crippen LogP contribution in [0.25, 0.3) is 0 Å². The van der Waals surface area contributed by atoms with E-state index in [9.17, 15) is 10.2 Å². The lowest BCUT2D eigenvalue weighted by molar-refractivity contribution is 0.279. The van der Waals surface area contributed by atoms with E-state index in [-0.39, 0.29) is 13.2 Å². The molecule has 0 bridgehead atoms. The van der Waals surface area contributed by atoms with Gasteiger partial charge < -0.3 is 15.1 Å². The second-order valence-corrected chi connectivity index (χ2v) is 4.64. The number of aliphatic hydroxyl groups is 2. The summed E-state index contributed by atoms with van der Waals surface area (Å²) in [7, 11) is 0. The second-order valence-electron chi connectivity index (χ2n) is 4.64. The zero-order chi connectivity index (χ0) is 12.1. The topological polar surface area (TPSA) is 43.7 Å². The summed E-state index contributed by atoms with van der Waals surface area (Å²) in [5, 5.41) is 18.6. The Morgan fingerprint density at radius 3 is 2.47 bits per heavy atom. The van der Waals surface area contributed by atoms with Gasteiger partial charge in [-0.1, -0.05) is 31.0 Å². The predicted octanol–water partition coefficient (Wildman–Crippen LogP) is 1.92. The SMILES string of the molecule is OCCN(c1ccccc1CO)C1CCCC1. The van der Waals surface area contributed by atoms with E-state index in [0.29, 0.717) is 12.6 Å². The Kier molecular flexibility index (Phi) is 4.40. The normalized spacial score (nSPS) is 16.4. The molecule has 0 atom stereocenters. The van der Waals surface area contributed by atoms with E-state index in [1.54, 1.807) is 0 Å². The van der Waals surface area contributed by atoms with Crippen molar-refractivity contribution < 1.29 is 10.2 Å². The molecule has 1 saturated carbocycles. The molecule has 17 heavy (non-hydrogen) atoms. The van der Waals surface area contributed by atoms with Gasteiger partial charge in [-0.2, -0.15) is 0 Å². The summed E-state index contributed by atoms with van der Waals surface area (Å²) in [5.41, 5.74) is 2.03. The number of nitrogens with zero attached hydrogens (tertiary/aromatic N) is 1. The zero-order valence-corrected chi connectivity index (χ0v) is 10.2. The Balaban J connectivity index is 2.24. The molecule has 3 heteroatoms. The molecule has 0 aliphatic heterocycles. The van der Waals surface area contributed by atoms with Crippen molar-refractivity contribution in [1.82, 2.24) is 0 Å². The molecule has 0 heterocycles. The van der Waals surface area contributed by atoms with Crippen LogP contribution in [0.2, 0.25) is 0 Å². The zero-order valence-electron chi connectivity index (χ0n) is 10.2. The van der Waals surface area contributed by atoms with Crippen LogP contribution in [-0.4, -0.2) is 29.4 Å². The molecular weight excluding hydrogens is 214 g/mol. The molecule has 0 spiro atoms. The molecule has 1 aromatic rings. The fourth-order valence-corrected chi connectivity index (χ4v) is 2.75. The maximum Gasteiger partial charge on any atom is 0.0702 e. The van der Waals surface area contributed by atoms with Crippen molar-refractivity contribution >= 4 is 5.69 Å². The van der Waals surface area contributed by atoms with Crippen molar-refractivity contribution in [3.63, 3.8) is 0 Å². The number of aliphatic hydroxyl groups excluding tert-OH is 2. The number of rotatable bonds is 5. The molecule has 1 aliphatic carbocycles. The maximum absolute atomic E-state index is 9.39. The minimum Gasteiger partial charge on any atom is -0.395 e. The maximum atomic E-state index is 9.39. The van der Waals surface area contributed by atoms with Gasteiger partial charge in [-0.15, -0.1) is 0 Å². The number of anilines is 1. The van der Waals surface area contributed by atoms with E-state index in [1.165, 1.54) is 25.7 Å². The van der Waals surface area contributed by atoms with Gasteiger partial charge in [0.1, 0.15) is 0 Å². The summed E-state index contributed by atoms with van der Waals surface area (Å²) in [4.78, 5) is 2.26. The van der Waals surface area contributed by atoms with Gasteiger partial charge in [0.25, 0.3) is 0 Å². The number of hydrogen-bond donors (Lipinski definition) is 2. The van der Waals surface area contributed by atoms with Crippen LogP contribution >= 0.6 is 0 Å². The molecule has 3 nitrogen and oxygen atoms in total. The number of hydrogen-bond acceptors (Lipinski definition) is 3. The summed E-state index contributed by atoms with van der Waals surface area (Å²) in [6.45, 7) is 0.878. The molecule has 0 amide bonds. The average Bonchev–Trinajstić information content (AvgIpc) is 2.89. The van der Waals surface area contributed by atoms with Gasteiger partial charge in [-0.25, -0.2) is 0 Å². The Morgan fingerprint density at radius 1 is 1.12 bits per heavy atom. The minimum atomic E-state index is 0.0603. The van der Waals surface area contributed by atoms with E-state index >= 15 is 0 Å². The highest BCUT2D eigenvalue weighted by Crippen LogP contribution is 2.30. The van der Waals surface area contributed by atoms with Gasteiger partial charge in [0.15, 0.2) is 0 Å². The van der Waals surface area contributed by atoms with Crippen molar-refractivity contribution in [2.75, 3.05) is 18.1 Å². The molecule has 2 N–H and O–H groups in total. The van der Waals surface area contributed by atoms with Gasteiger partial charge >= 0.3 is 0 Å². The quantitative estimate of drug-likeness (QED) is 0.819. The molecule has 2 rings (SSSR count). The van der Waals surface area contributed by atoms with Crippen LogP contribution in [0.4, 0.5) is 5.69 Å². The van der Waals surface area contributed by atoms with Gasteiger partial charge in [0.05, 0.1) is 13.2 Å². The van der Waals surface area contributed by atoms with Crippen LogP contribution < -0.4 is 4.90 Å². The van der Waals surface area contributed by atoms with E-state index in [0.717, 1.165) is 11.3 Å². The molecule has 0 saturated heterocycles. The largest absolute Gasteiger partial charge is 0.395 e. The third-order valence-electron chi connectivity index (χ3n) is 3.58. The molecule has 1 fully saturated rings. The average molecular weight is 235 g/mol. The first kappa shape index (κ1) is 12.4. The first-order valence-corrected chi connectivity index (χ1v) is 6.43. The summed E-state index contributed by atoms with van der Waals surface area (Å²) in [5.74, 6) is 0. The molecule has 0 aromatic heterocycles. The predicted molar refractivity (Wildman–Crippen MR) is 69.1 cm³/mol. The fourth-order valence-electron chi connectivity index (χ4n) is 2.75. The highest BCUT2D eigenvalue weighted by molar-refractivity contribution is 5.54. The molecule has 0 unspecified atom stereocenters. The van der Waals surface area contributed by atoms with Crippen LogP contribution in [0, 0.1) is 0 Å². The molecule has 0 radical (unpaired) electrons. The fraction of sp³-hybridized carbons (Fsp3) is 0.571. The highest BCUT2D eigenvalue weighted by atomic mass is 16.3. The summed E-state index contributed by atoms with van der Waals surface area (Å²) >= 11 is 0. The number of benzene rings is 1. The van der Waals surface area contributed by atoms with Crippen molar-refractivity contribution in [3.05, 3.63) is 29.8 Å². The van der Waals surface area contributed by atoms with Crippen LogP contribution in [0.3, 0.4) is 0 Å². The van der Waals surface area contributed by atoms with E-state index in [2.05, 4.69) is 4.90 Å². The first-order chi connectivity index (χ1) is 8.36. The lowest BCUT2D eigenvalue weighted by atomic mass is 10.1. The summed E-state index contributed by atoms with van der Waals surface area (Å²) in [6.07, 6.45) is 4.93. The van der Waals surface area contributed by atoms with E-state index in [4.69, 9.17) is 0 Å². The first-order valence-electron chi connectivity index (χ1n) is 6.43. The van der Waals surface area contributed by atoms with Gasteiger partial charge in [-0.3, -0.25) is 0 Å². The van der Waals surface area contributed by atoms with Crippen LogP contribution in [-0.2, 0) is 6.61 Å². The van der Waals surface area contributed by atoms with Crippen LogP contribution in [0.1, 0.15) is 31.2 Å². The summed E-state index contributed by atoms with van der Waals surface area (Å²) in [6, 6.07) is 8.46. The van der Waals surface area contributed by atoms with Crippen molar-refractivity contribution in [2.24, 2.45) is 0 Å². The second kappa shape index (κ2) is 6.03.